The normalized spacial score (nSPS) is 26.5. The number of hydrogen-bond acceptors (Lipinski definition) is 2. The summed E-state index contributed by atoms with van der Waals surface area (Å²) in [4.78, 5) is 0. The first-order valence-electron chi connectivity index (χ1n) is 3.40. The highest BCUT2D eigenvalue weighted by Crippen LogP contribution is 2.19. The van der Waals surface area contributed by atoms with Gasteiger partial charge in [-0.3, -0.25) is 0 Å². The van der Waals surface area contributed by atoms with Crippen LogP contribution in [0.3, 0.4) is 0 Å². The minimum absolute atomic E-state index is 0.392. The van der Waals surface area contributed by atoms with Crippen LogP contribution in [-0.2, 0) is 9.84 Å². The van der Waals surface area contributed by atoms with Gasteiger partial charge in [-0.1, -0.05) is 15.9 Å². The van der Waals surface area contributed by atoms with Gasteiger partial charge in [0.05, 0.1) is 11.5 Å². The lowest BCUT2D eigenvalue weighted by Gasteiger charge is -2.18. The lowest BCUT2D eigenvalue weighted by molar-refractivity contribution is 0.509. The van der Waals surface area contributed by atoms with Crippen molar-refractivity contribution in [2.45, 2.75) is 12.8 Å². The van der Waals surface area contributed by atoms with Crippen LogP contribution >= 0.6 is 15.9 Å². The van der Waals surface area contributed by atoms with Crippen LogP contribution in [0.1, 0.15) is 12.8 Å². The molecule has 1 saturated heterocycles. The molecule has 4 heteroatoms. The van der Waals surface area contributed by atoms with Crippen molar-refractivity contribution in [1.29, 1.82) is 0 Å². The minimum atomic E-state index is -2.65. The van der Waals surface area contributed by atoms with Gasteiger partial charge in [-0.25, -0.2) is 8.42 Å². The van der Waals surface area contributed by atoms with Crippen molar-refractivity contribution < 1.29 is 8.42 Å². The first kappa shape index (κ1) is 8.53. The molecule has 10 heavy (non-hydrogen) atoms. The molecule has 2 nitrogen and oxygen atoms in total. The van der Waals surface area contributed by atoms with Crippen LogP contribution < -0.4 is 0 Å². The fourth-order valence-electron chi connectivity index (χ4n) is 1.09. The molecule has 0 unspecified atom stereocenters. The van der Waals surface area contributed by atoms with E-state index in [1.165, 1.54) is 0 Å². The molecule has 1 fully saturated rings. The molecule has 0 atom stereocenters. The van der Waals surface area contributed by atoms with Crippen LogP contribution in [0.4, 0.5) is 0 Å². The summed E-state index contributed by atoms with van der Waals surface area (Å²) in [5.41, 5.74) is 0. The quantitative estimate of drug-likeness (QED) is 0.631. The highest BCUT2D eigenvalue weighted by molar-refractivity contribution is 9.09. The summed E-state index contributed by atoms with van der Waals surface area (Å²) in [7, 11) is -2.65. The van der Waals surface area contributed by atoms with Gasteiger partial charge in [0.1, 0.15) is 9.84 Å². The van der Waals surface area contributed by atoms with E-state index in [1.54, 1.807) is 0 Å². The number of alkyl halides is 1. The number of halogens is 1. The van der Waals surface area contributed by atoms with Crippen molar-refractivity contribution >= 4 is 25.8 Å². The molecule has 0 saturated carbocycles. The van der Waals surface area contributed by atoms with Gasteiger partial charge in [0.2, 0.25) is 0 Å². The molecule has 0 aromatic rings. The first-order chi connectivity index (χ1) is 4.64. The summed E-state index contributed by atoms with van der Waals surface area (Å²) >= 11 is 3.35. The standard InChI is InChI=1S/C6H11BrO2S/c7-5-6-1-3-10(8,9)4-2-6/h6H,1-5H2. The van der Waals surface area contributed by atoms with Crippen LogP contribution in [-0.4, -0.2) is 25.3 Å². The average Bonchev–Trinajstić information content (AvgIpc) is 1.88. The monoisotopic (exact) mass is 226 g/mol. The van der Waals surface area contributed by atoms with Crippen molar-refractivity contribution in [2.75, 3.05) is 16.8 Å². The molecule has 1 rings (SSSR count). The molecule has 1 aliphatic rings. The van der Waals surface area contributed by atoms with Gasteiger partial charge in [0, 0.05) is 5.33 Å². The van der Waals surface area contributed by atoms with E-state index >= 15 is 0 Å². The maximum Gasteiger partial charge on any atom is 0.150 e. The Morgan fingerprint density at radius 2 is 1.80 bits per heavy atom. The summed E-state index contributed by atoms with van der Waals surface area (Å²) in [6.45, 7) is 0. The first-order valence-corrected chi connectivity index (χ1v) is 6.35. The Morgan fingerprint density at radius 3 is 2.20 bits per heavy atom. The summed E-state index contributed by atoms with van der Waals surface area (Å²) < 4.78 is 21.8. The number of rotatable bonds is 1. The van der Waals surface area contributed by atoms with Crippen molar-refractivity contribution in [3.63, 3.8) is 0 Å². The fraction of sp³-hybridized carbons (Fsp3) is 1.00. The van der Waals surface area contributed by atoms with Crippen LogP contribution in [0.2, 0.25) is 0 Å². The van der Waals surface area contributed by atoms with Crippen LogP contribution in [0.5, 0.6) is 0 Å². The van der Waals surface area contributed by atoms with E-state index in [9.17, 15) is 8.42 Å². The van der Waals surface area contributed by atoms with Crippen LogP contribution in [0.25, 0.3) is 0 Å². The zero-order valence-corrected chi connectivity index (χ0v) is 8.12. The third kappa shape index (κ3) is 2.23. The topological polar surface area (TPSA) is 34.1 Å². The SMILES string of the molecule is O=S1(=O)CCC(CBr)CC1. The van der Waals surface area contributed by atoms with E-state index in [0.717, 1.165) is 18.2 Å². The predicted octanol–water partition coefficient (Wildman–Crippen LogP) is 1.21. The lowest BCUT2D eigenvalue weighted by Crippen LogP contribution is -2.23. The highest BCUT2D eigenvalue weighted by Gasteiger charge is 2.22. The van der Waals surface area contributed by atoms with Crippen molar-refractivity contribution in [3.05, 3.63) is 0 Å². The third-order valence-electron chi connectivity index (χ3n) is 1.89. The molecule has 60 valence electrons. The zero-order valence-electron chi connectivity index (χ0n) is 5.72. The molecule has 0 bridgehead atoms. The second kappa shape index (κ2) is 3.22. The summed E-state index contributed by atoms with van der Waals surface area (Å²) in [6.07, 6.45) is 1.68. The smallest absolute Gasteiger partial charge is 0.150 e. The second-order valence-corrected chi connectivity index (χ2v) is 5.70. The summed E-state index contributed by atoms with van der Waals surface area (Å²) in [6, 6.07) is 0. The van der Waals surface area contributed by atoms with Crippen molar-refractivity contribution in [3.8, 4) is 0 Å². The molecule has 0 N–H and O–H groups in total. The molecule has 1 heterocycles. The molecule has 1 aliphatic heterocycles. The second-order valence-electron chi connectivity index (χ2n) is 2.75. The molecule has 0 aromatic carbocycles. The Labute approximate surface area is 70.1 Å². The Bertz CT molecular complexity index is 184. The number of hydrogen-bond donors (Lipinski definition) is 0. The molecular formula is C6H11BrO2S. The van der Waals surface area contributed by atoms with E-state index in [2.05, 4.69) is 15.9 Å². The lowest BCUT2D eigenvalue weighted by atomic mass is 10.1. The van der Waals surface area contributed by atoms with E-state index in [4.69, 9.17) is 0 Å². The van der Waals surface area contributed by atoms with Crippen LogP contribution in [0.15, 0.2) is 0 Å². The molecular weight excluding hydrogens is 216 g/mol. The fourth-order valence-corrected chi connectivity index (χ4v) is 3.33. The van der Waals surface area contributed by atoms with Gasteiger partial charge in [-0.15, -0.1) is 0 Å². The Kier molecular flexibility index (Phi) is 2.74. The van der Waals surface area contributed by atoms with Crippen molar-refractivity contribution in [2.24, 2.45) is 5.92 Å². The summed E-state index contributed by atoms with van der Waals surface area (Å²) in [5.74, 6) is 1.37. The highest BCUT2D eigenvalue weighted by atomic mass is 79.9. The van der Waals surface area contributed by atoms with Gasteiger partial charge >= 0.3 is 0 Å². The molecule has 0 spiro atoms. The summed E-state index contributed by atoms with van der Waals surface area (Å²) in [5, 5.41) is 0.947. The maximum absolute atomic E-state index is 10.9. The number of sulfone groups is 1. The molecule has 0 aliphatic carbocycles. The molecule has 0 amide bonds. The third-order valence-corrected chi connectivity index (χ3v) is 4.52. The van der Waals surface area contributed by atoms with E-state index in [1.807, 2.05) is 0 Å². The van der Waals surface area contributed by atoms with E-state index in [-0.39, 0.29) is 0 Å². The van der Waals surface area contributed by atoms with Gasteiger partial charge in [0.25, 0.3) is 0 Å². The average molecular weight is 227 g/mol. The largest absolute Gasteiger partial charge is 0.229 e. The zero-order chi connectivity index (χ0) is 7.61. The minimum Gasteiger partial charge on any atom is -0.229 e. The van der Waals surface area contributed by atoms with E-state index < -0.39 is 9.84 Å². The molecule has 0 radical (unpaired) electrons. The maximum atomic E-state index is 10.9. The Morgan fingerprint density at radius 1 is 1.30 bits per heavy atom. The Balaban J connectivity index is 2.46. The van der Waals surface area contributed by atoms with Gasteiger partial charge in [-0.2, -0.15) is 0 Å². The van der Waals surface area contributed by atoms with Crippen LogP contribution in [0, 0.1) is 5.92 Å². The van der Waals surface area contributed by atoms with Gasteiger partial charge in [0.15, 0.2) is 0 Å². The van der Waals surface area contributed by atoms with Gasteiger partial charge in [-0.05, 0) is 18.8 Å². The predicted molar refractivity (Wildman–Crippen MR) is 45.2 cm³/mol. The van der Waals surface area contributed by atoms with E-state index in [0.29, 0.717) is 17.4 Å². The van der Waals surface area contributed by atoms with Crippen molar-refractivity contribution in [1.82, 2.24) is 0 Å². The van der Waals surface area contributed by atoms with Gasteiger partial charge < -0.3 is 0 Å². The Hall–Kier alpha value is 0.430. The molecule has 0 aromatic heterocycles.